The van der Waals surface area contributed by atoms with E-state index in [9.17, 15) is 14.7 Å². The van der Waals surface area contributed by atoms with Crippen molar-refractivity contribution in [1.82, 2.24) is 4.90 Å². The number of Topliss-reactive ketones (excluding diaryl/α,β-unsaturated/α-hetero) is 1. The lowest BCUT2D eigenvalue weighted by Gasteiger charge is -2.25. The summed E-state index contributed by atoms with van der Waals surface area (Å²) in [6, 6.07) is 24.0. The lowest BCUT2D eigenvalue weighted by Crippen LogP contribution is -2.31. The number of nitrogens with zero attached hydrogens (tertiary/aromatic N) is 1. The van der Waals surface area contributed by atoms with E-state index in [0.717, 1.165) is 28.9 Å². The maximum atomic E-state index is 13.2. The fourth-order valence-electron chi connectivity index (χ4n) is 4.71. The monoisotopic (exact) mass is 439 g/mol. The minimum Gasteiger partial charge on any atom is -0.507 e. The minimum atomic E-state index is -0.653. The van der Waals surface area contributed by atoms with Crippen molar-refractivity contribution in [3.05, 3.63) is 107 Å². The molecule has 2 heterocycles. The number of hydrogen-bond acceptors (Lipinski definition) is 4. The zero-order valence-electron chi connectivity index (χ0n) is 18.4. The van der Waals surface area contributed by atoms with Gasteiger partial charge in [0.05, 0.1) is 11.6 Å². The number of carbonyl (C=O) groups excluding carboxylic acids is 2. The molecule has 33 heavy (non-hydrogen) atoms. The summed E-state index contributed by atoms with van der Waals surface area (Å²) in [5.41, 5.74) is 3.52. The second-order valence-corrected chi connectivity index (χ2v) is 8.59. The van der Waals surface area contributed by atoms with E-state index < -0.39 is 17.7 Å². The lowest BCUT2D eigenvalue weighted by molar-refractivity contribution is -0.139. The lowest BCUT2D eigenvalue weighted by atomic mass is 9.94. The Hall–Kier alpha value is -3.86. The second kappa shape index (κ2) is 8.58. The van der Waals surface area contributed by atoms with Gasteiger partial charge in [-0.15, -0.1) is 0 Å². The Labute approximate surface area is 192 Å². The molecule has 0 aliphatic carbocycles. The van der Waals surface area contributed by atoms with Crippen LogP contribution in [0.1, 0.15) is 35.2 Å². The number of aliphatic hydroxyl groups is 1. The molecular formula is C28H25NO4. The van der Waals surface area contributed by atoms with Gasteiger partial charge < -0.3 is 14.7 Å². The SMILES string of the molecule is C[C@@H]1Cc2cc(C(O)=C3C(=O)C(=O)N(CCc4ccccc4)[C@@H]3c3ccccc3)ccc2O1. The highest BCUT2D eigenvalue weighted by atomic mass is 16.5. The molecule has 3 aromatic carbocycles. The Balaban J connectivity index is 1.56. The van der Waals surface area contributed by atoms with E-state index >= 15 is 0 Å². The third-order valence-corrected chi connectivity index (χ3v) is 6.31. The van der Waals surface area contributed by atoms with Crippen molar-refractivity contribution < 1.29 is 19.4 Å². The molecule has 1 fully saturated rings. The molecule has 0 spiro atoms. The summed E-state index contributed by atoms with van der Waals surface area (Å²) in [5.74, 6) is -0.590. The average Bonchev–Trinajstić information content (AvgIpc) is 3.34. The molecule has 1 amide bonds. The topological polar surface area (TPSA) is 66.8 Å². The largest absolute Gasteiger partial charge is 0.507 e. The molecule has 1 N–H and O–H groups in total. The average molecular weight is 440 g/mol. The van der Waals surface area contributed by atoms with Crippen molar-refractivity contribution in [3.63, 3.8) is 0 Å². The highest BCUT2D eigenvalue weighted by molar-refractivity contribution is 6.46. The van der Waals surface area contributed by atoms with Gasteiger partial charge in [0.15, 0.2) is 0 Å². The number of ketones is 1. The normalized spacial score (nSPS) is 21.2. The number of rotatable bonds is 5. The highest BCUT2D eigenvalue weighted by Crippen LogP contribution is 2.40. The minimum absolute atomic E-state index is 0.0743. The van der Waals surface area contributed by atoms with Crippen LogP contribution in [0.3, 0.4) is 0 Å². The van der Waals surface area contributed by atoms with Crippen molar-refractivity contribution in [1.29, 1.82) is 0 Å². The molecular weight excluding hydrogens is 414 g/mol. The van der Waals surface area contributed by atoms with Crippen LogP contribution in [0.2, 0.25) is 0 Å². The number of amides is 1. The molecule has 0 aromatic heterocycles. The Bertz CT molecular complexity index is 1230. The van der Waals surface area contributed by atoms with E-state index in [-0.39, 0.29) is 17.4 Å². The van der Waals surface area contributed by atoms with Crippen LogP contribution in [0.15, 0.2) is 84.4 Å². The van der Waals surface area contributed by atoms with Crippen LogP contribution in [-0.2, 0) is 22.4 Å². The van der Waals surface area contributed by atoms with Gasteiger partial charge in [0.1, 0.15) is 17.6 Å². The van der Waals surface area contributed by atoms with Gasteiger partial charge >= 0.3 is 0 Å². The van der Waals surface area contributed by atoms with Gasteiger partial charge in [0.25, 0.3) is 11.7 Å². The molecule has 2 atom stereocenters. The van der Waals surface area contributed by atoms with E-state index in [4.69, 9.17) is 4.74 Å². The molecule has 0 radical (unpaired) electrons. The second-order valence-electron chi connectivity index (χ2n) is 8.59. The van der Waals surface area contributed by atoms with Crippen LogP contribution in [-0.4, -0.2) is 34.3 Å². The van der Waals surface area contributed by atoms with Gasteiger partial charge in [-0.2, -0.15) is 0 Å². The zero-order valence-corrected chi connectivity index (χ0v) is 18.4. The molecule has 166 valence electrons. The number of ether oxygens (including phenoxy) is 1. The summed E-state index contributed by atoms with van der Waals surface area (Å²) in [4.78, 5) is 27.9. The number of aliphatic hydroxyl groups excluding tert-OH is 1. The summed E-state index contributed by atoms with van der Waals surface area (Å²) in [5, 5.41) is 11.3. The fraction of sp³-hybridized carbons (Fsp3) is 0.214. The quantitative estimate of drug-likeness (QED) is 0.356. The number of fused-ring (bicyclic) bond motifs is 1. The Kier molecular flexibility index (Phi) is 5.47. The number of hydrogen-bond donors (Lipinski definition) is 1. The van der Waals surface area contributed by atoms with E-state index in [1.54, 1.807) is 11.0 Å². The van der Waals surface area contributed by atoms with Crippen LogP contribution in [0, 0.1) is 0 Å². The van der Waals surface area contributed by atoms with Crippen LogP contribution < -0.4 is 4.74 Å². The number of benzene rings is 3. The smallest absolute Gasteiger partial charge is 0.295 e. The van der Waals surface area contributed by atoms with Crippen molar-refractivity contribution in [3.8, 4) is 5.75 Å². The van der Waals surface area contributed by atoms with Crippen molar-refractivity contribution in [2.24, 2.45) is 0 Å². The highest BCUT2D eigenvalue weighted by Gasteiger charge is 2.45. The first-order valence-electron chi connectivity index (χ1n) is 11.2. The molecule has 5 rings (SSSR count). The molecule has 5 heteroatoms. The zero-order chi connectivity index (χ0) is 22.9. The summed E-state index contributed by atoms with van der Waals surface area (Å²) in [7, 11) is 0. The van der Waals surface area contributed by atoms with Crippen molar-refractivity contribution in [2.45, 2.75) is 31.9 Å². The maximum Gasteiger partial charge on any atom is 0.295 e. The van der Waals surface area contributed by atoms with Crippen LogP contribution >= 0.6 is 0 Å². The molecule has 2 aliphatic rings. The van der Waals surface area contributed by atoms with E-state index in [2.05, 4.69) is 0 Å². The van der Waals surface area contributed by atoms with Crippen LogP contribution in [0.25, 0.3) is 5.76 Å². The molecule has 1 saturated heterocycles. The molecule has 3 aromatic rings. The van der Waals surface area contributed by atoms with Crippen molar-refractivity contribution in [2.75, 3.05) is 6.54 Å². The molecule has 0 saturated carbocycles. The first kappa shape index (κ1) is 21.0. The fourth-order valence-corrected chi connectivity index (χ4v) is 4.71. The van der Waals surface area contributed by atoms with E-state index in [0.29, 0.717) is 18.5 Å². The van der Waals surface area contributed by atoms with Gasteiger partial charge in [-0.1, -0.05) is 60.7 Å². The molecule has 0 bridgehead atoms. The van der Waals surface area contributed by atoms with Gasteiger partial charge in [-0.05, 0) is 48.2 Å². The Morgan fingerprint density at radius 2 is 1.70 bits per heavy atom. The summed E-state index contributed by atoms with van der Waals surface area (Å²) < 4.78 is 5.76. The Morgan fingerprint density at radius 3 is 2.42 bits per heavy atom. The third kappa shape index (κ3) is 3.91. The Morgan fingerprint density at radius 1 is 1.00 bits per heavy atom. The van der Waals surface area contributed by atoms with Crippen LogP contribution in [0.4, 0.5) is 0 Å². The summed E-state index contributed by atoms with van der Waals surface area (Å²) in [6.45, 7) is 2.37. The van der Waals surface area contributed by atoms with Crippen molar-refractivity contribution >= 4 is 17.4 Å². The van der Waals surface area contributed by atoms with E-state index in [1.807, 2.05) is 79.7 Å². The molecule has 0 unspecified atom stereocenters. The van der Waals surface area contributed by atoms with E-state index in [1.165, 1.54) is 0 Å². The van der Waals surface area contributed by atoms with Gasteiger partial charge in [-0.3, -0.25) is 9.59 Å². The summed E-state index contributed by atoms with van der Waals surface area (Å²) >= 11 is 0. The first-order valence-corrected chi connectivity index (χ1v) is 11.2. The number of carbonyl (C=O) groups is 2. The van der Waals surface area contributed by atoms with Gasteiger partial charge in [0.2, 0.25) is 0 Å². The predicted octanol–water partition coefficient (Wildman–Crippen LogP) is 4.67. The maximum absolute atomic E-state index is 13.2. The third-order valence-electron chi connectivity index (χ3n) is 6.31. The standard InChI is InChI=1S/C28H25NO4/c1-18-16-22-17-21(12-13-23(22)33-18)26(30)24-25(20-10-6-3-7-11-20)29(28(32)27(24)31)15-14-19-8-4-2-5-9-19/h2-13,17-18,25,30H,14-16H2,1H3/t18-,25-/m1/s1. The van der Waals surface area contributed by atoms with Crippen LogP contribution in [0.5, 0.6) is 5.75 Å². The number of likely N-dealkylation sites (tertiary alicyclic amines) is 1. The first-order chi connectivity index (χ1) is 16.0. The predicted molar refractivity (Wildman–Crippen MR) is 126 cm³/mol. The molecule has 5 nitrogen and oxygen atoms in total. The van der Waals surface area contributed by atoms with Gasteiger partial charge in [-0.25, -0.2) is 0 Å². The van der Waals surface area contributed by atoms with Gasteiger partial charge in [0, 0.05) is 18.5 Å². The summed E-state index contributed by atoms with van der Waals surface area (Å²) in [6.07, 6.45) is 1.43. The molecule has 2 aliphatic heterocycles.